The Morgan fingerprint density at radius 1 is 1.07 bits per heavy atom. The lowest BCUT2D eigenvalue weighted by Gasteiger charge is -2.31. The second-order valence-electron chi connectivity index (χ2n) is 7.77. The highest BCUT2D eigenvalue weighted by atomic mass is 16.5. The third-order valence-electron chi connectivity index (χ3n) is 5.76. The fraction of sp³-hybridized carbons (Fsp3) is 0.292. The molecule has 2 heterocycles. The Morgan fingerprint density at radius 2 is 1.77 bits per heavy atom. The monoisotopic (exact) mass is 403 g/mol. The zero-order valence-corrected chi connectivity index (χ0v) is 17.2. The summed E-state index contributed by atoms with van der Waals surface area (Å²) in [6, 6.07) is 15.5. The number of primary amides is 1. The number of aromatic nitrogens is 1. The van der Waals surface area contributed by atoms with E-state index in [-0.39, 0.29) is 17.7 Å². The normalized spacial score (nSPS) is 14.7. The molecule has 0 atom stereocenters. The minimum atomic E-state index is -0.283. The van der Waals surface area contributed by atoms with E-state index in [4.69, 9.17) is 15.5 Å². The van der Waals surface area contributed by atoms with Crippen molar-refractivity contribution in [1.82, 2.24) is 9.88 Å². The SMILES string of the molecule is COc1ccc(-c2cc(C(=O)N3CCC(C(N)=O)CC3)c3cc(C)ccc3n2)cc1. The van der Waals surface area contributed by atoms with Crippen molar-refractivity contribution in [2.75, 3.05) is 20.2 Å². The van der Waals surface area contributed by atoms with Crippen LogP contribution in [-0.4, -0.2) is 41.9 Å². The predicted molar refractivity (Wildman–Crippen MR) is 116 cm³/mol. The molecule has 0 bridgehead atoms. The van der Waals surface area contributed by atoms with Crippen LogP contribution < -0.4 is 10.5 Å². The first kappa shape index (κ1) is 19.9. The molecule has 1 fully saturated rings. The number of carbonyl (C=O) groups is 2. The zero-order valence-electron chi connectivity index (χ0n) is 17.2. The molecule has 6 heteroatoms. The van der Waals surface area contributed by atoms with Gasteiger partial charge in [0.15, 0.2) is 0 Å². The van der Waals surface area contributed by atoms with Gasteiger partial charge < -0.3 is 15.4 Å². The molecule has 2 aromatic carbocycles. The Morgan fingerprint density at radius 3 is 2.40 bits per heavy atom. The summed E-state index contributed by atoms with van der Waals surface area (Å²) in [7, 11) is 1.63. The van der Waals surface area contributed by atoms with Crippen LogP contribution in [0.4, 0.5) is 0 Å². The maximum absolute atomic E-state index is 13.4. The van der Waals surface area contributed by atoms with Crippen molar-refractivity contribution >= 4 is 22.7 Å². The molecule has 1 aromatic heterocycles. The Hall–Kier alpha value is -3.41. The fourth-order valence-corrected chi connectivity index (χ4v) is 3.96. The van der Waals surface area contributed by atoms with Gasteiger partial charge in [-0.1, -0.05) is 11.6 Å². The van der Waals surface area contributed by atoms with Gasteiger partial charge in [0.05, 0.1) is 23.9 Å². The van der Waals surface area contributed by atoms with E-state index in [0.717, 1.165) is 33.5 Å². The second-order valence-corrected chi connectivity index (χ2v) is 7.77. The van der Waals surface area contributed by atoms with E-state index in [1.54, 1.807) is 7.11 Å². The van der Waals surface area contributed by atoms with E-state index in [1.807, 2.05) is 60.4 Å². The number of ether oxygens (including phenoxy) is 1. The number of amides is 2. The summed E-state index contributed by atoms with van der Waals surface area (Å²) in [5.74, 6) is 0.295. The highest BCUT2D eigenvalue weighted by Gasteiger charge is 2.27. The number of benzene rings is 2. The lowest BCUT2D eigenvalue weighted by Crippen LogP contribution is -2.41. The molecule has 0 radical (unpaired) electrons. The van der Waals surface area contributed by atoms with E-state index in [2.05, 4.69) is 0 Å². The first-order valence-corrected chi connectivity index (χ1v) is 10.1. The van der Waals surface area contributed by atoms with Gasteiger partial charge in [0.1, 0.15) is 5.75 Å². The number of fused-ring (bicyclic) bond motifs is 1. The van der Waals surface area contributed by atoms with Crippen LogP contribution in [0.2, 0.25) is 0 Å². The molecule has 3 aromatic rings. The van der Waals surface area contributed by atoms with Crippen molar-refractivity contribution in [3.8, 4) is 17.0 Å². The molecule has 1 aliphatic rings. The summed E-state index contributed by atoms with van der Waals surface area (Å²) in [6.07, 6.45) is 1.21. The second kappa shape index (κ2) is 8.14. The summed E-state index contributed by atoms with van der Waals surface area (Å²) in [4.78, 5) is 31.5. The number of hydrogen-bond acceptors (Lipinski definition) is 4. The molecule has 2 N–H and O–H groups in total. The molecule has 2 amide bonds. The van der Waals surface area contributed by atoms with E-state index >= 15 is 0 Å². The predicted octanol–water partition coefficient (Wildman–Crippen LogP) is 3.56. The summed E-state index contributed by atoms with van der Waals surface area (Å²) in [5.41, 5.74) is 9.58. The van der Waals surface area contributed by atoms with Gasteiger partial charge in [-0.25, -0.2) is 4.98 Å². The Kier molecular flexibility index (Phi) is 5.40. The van der Waals surface area contributed by atoms with Crippen molar-refractivity contribution < 1.29 is 14.3 Å². The van der Waals surface area contributed by atoms with Gasteiger partial charge in [-0.15, -0.1) is 0 Å². The van der Waals surface area contributed by atoms with Crippen molar-refractivity contribution in [2.24, 2.45) is 11.7 Å². The molecule has 0 unspecified atom stereocenters. The first-order chi connectivity index (χ1) is 14.5. The maximum atomic E-state index is 13.4. The molecule has 4 rings (SSSR count). The minimum Gasteiger partial charge on any atom is -0.497 e. The van der Waals surface area contributed by atoms with Gasteiger partial charge in [-0.05, 0) is 62.2 Å². The third-order valence-corrected chi connectivity index (χ3v) is 5.76. The molecule has 1 aliphatic heterocycles. The average Bonchev–Trinajstić information content (AvgIpc) is 2.78. The molecule has 0 saturated carbocycles. The third kappa shape index (κ3) is 3.85. The number of nitrogens with two attached hydrogens (primary N) is 1. The van der Waals surface area contributed by atoms with Crippen molar-refractivity contribution in [3.63, 3.8) is 0 Å². The van der Waals surface area contributed by atoms with Crippen LogP contribution in [0, 0.1) is 12.8 Å². The molecular weight excluding hydrogens is 378 g/mol. The minimum absolute atomic E-state index is 0.0364. The summed E-state index contributed by atoms with van der Waals surface area (Å²) >= 11 is 0. The summed E-state index contributed by atoms with van der Waals surface area (Å²) < 4.78 is 5.24. The molecule has 30 heavy (non-hydrogen) atoms. The van der Waals surface area contributed by atoms with Crippen molar-refractivity contribution in [2.45, 2.75) is 19.8 Å². The summed E-state index contributed by atoms with van der Waals surface area (Å²) in [5, 5.41) is 0.842. The molecule has 0 spiro atoms. The number of likely N-dealkylation sites (tertiary alicyclic amines) is 1. The molecule has 6 nitrogen and oxygen atoms in total. The topological polar surface area (TPSA) is 85.5 Å². The van der Waals surface area contributed by atoms with Crippen LogP contribution in [-0.2, 0) is 4.79 Å². The van der Waals surface area contributed by atoms with E-state index in [9.17, 15) is 9.59 Å². The number of methoxy groups -OCH3 is 1. The standard InChI is InChI=1S/C24H25N3O3/c1-15-3-8-21-19(13-15)20(24(29)27-11-9-17(10-12-27)23(25)28)14-22(26-21)16-4-6-18(30-2)7-5-16/h3-8,13-14,17H,9-12H2,1-2H3,(H2,25,28). The van der Waals surface area contributed by atoms with E-state index in [0.29, 0.717) is 31.5 Å². The van der Waals surface area contributed by atoms with Gasteiger partial charge in [0.25, 0.3) is 5.91 Å². The van der Waals surface area contributed by atoms with Crippen LogP contribution in [0.25, 0.3) is 22.2 Å². The van der Waals surface area contributed by atoms with Crippen LogP contribution in [0.15, 0.2) is 48.5 Å². The number of aryl methyl sites for hydroxylation is 1. The number of hydrogen-bond donors (Lipinski definition) is 1. The van der Waals surface area contributed by atoms with Crippen LogP contribution in [0.3, 0.4) is 0 Å². The van der Waals surface area contributed by atoms with Gasteiger partial charge in [-0.2, -0.15) is 0 Å². The van der Waals surface area contributed by atoms with Gasteiger partial charge in [0, 0.05) is 30.0 Å². The number of carbonyl (C=O) groups excluding carboxylic acids is 2. The lowest BCUT2D eigenvalue weighted by atomic mass is 9.95. The number of rotatable bonds is 4. The lowest BCUT2D eigenvalue weighted by molar-refractivity contribution is -0.123. The van der Waals surface area contributed by atoms with Gasteiger partial charge in [0.2, 0.25) is 5.91 Å². The van der Waals surface area contributed by atoms with Crippen LogP contribution in [0.5, 0.6) is 5.75 Å². The summed E-state index contributed by atoms with van der Waals surface area (Å²) in [6.45, 7) is 3.06. The molecule has 154 valence electrons. The van der Waals surface area contributed by atoms with Crippen LogP contribution >= 0.6 is 0 Å². The van der Waals surface area contributed by atoms with E-state index < -0.39 is 0 Å². The molecular formula is C24H25N3O3. The highest BCUT2D eigenvalue weighted by molar-refractivity contribution is 6.07. The van der Waals surface area contributed by atoms with Gasteiger partial charge in [-0.3, -0.25) is 9.59 Å². The van der Waals surface area contributed by atoms with Crippen molar-refractivity contribution in [1.29, 1.82) is 0 Å². The Balaban J connectivity index is 1.74. The zero-order chi connectivity index (χ0) is 21.3. The van der Waals surface area contributed by atoms with Crippen molar-refractivity contribution in [3.05, 3.63) is 59.7 Å². The molecule has 0 aliphatic carbocycles. The Bertz CT molecular complexity index is 1100. The maximum Gasteiger partial charge on any atom is 0.254 e. The quantitative estimate of drug-likeness (QED) is 0.722. The largest absolute Gasteiger partial charge is 0.497 e. The molecule has 1 saturated heterocycles. The number of nitrogens with zero attached hydrogens (tertiary/aromatic N) is 2. The fourth-order valence-electron chi connectivity index (χ4n) is 3.96. The van der Waals surface area contributed by atoms with Crippen LogP contribution in [0.1, 0.15) is 28.8 Å². The first-order valence-electron chi connectivity index (χ1n) is 10.1. The number of piperidine rings is 1. The highest BCUT2D eigenvalue weighted by Crippen LogP contribution is 2.29. The Labute approximate surface area is 175 Å². The van der Waals surface area contributed by atoms with Gasteiger partial charge >= 0.3 is 0 Å². The number of pyridine rings is 1. The smallest absolute Gasteiger partial charge is 0.254 e. The van der Waals surface area contributed by atoms with E-state index in [1.165, 1.54) is 0 Å². The average molecular weight is 403 g/mol.